The zero-order valence-electron chi connectivity index (χ0n) is 16.5. The smallest absolute Gasteiger partial charge is 0.328 e. The minimum absolute atomic E-state index is 0.558. The van der Waals surface area contributed by atoms with E-state index in [4.69, 9.17) is 10.2 Å². The summed E-state index contributed by atoms with van der Waals surface area (Å²) in [7, 11) is 0. The third-order valence-corrected chi connectivity index (χ3v) is 3.95. The Kier molecular flexibility index (Phi) is 9.34. The lowest BCUT2D eigenvalue weighted by Gasteiger charge is -1.96. The fourth-order valence-corrected chi connectivity index (χ4v) is 2.28. The van der Waals surface area contributed by atoms with Gasteiger partial charge in [-0.25, -0.2) is 9.59 Å². The number of hydrogen-bond donors (Lipinski definition) is 2. The highest BCUT2D eigenvalue weighted by atomic mass is 16.4. The fourth-order valence-electron chi connectivity index (χ4n) is 2.28. The van der Waals surface area contributed by atoms with Crippen LogP contribution in [0, 0.1) is 0 Å². The molecule has 0 spiro atoms. The van der Waals surface area contributed by atoms with Crippen molar-refractivity contribution in [2.75, 3.05) is 0 Å². The molecule has 2 aromatic rings. The molecule has 0 unspecified atom stereocenters. The van der Waals surface area contributed by atoms with Crippen LogP contribution < -0.4 is 0 Å². The van der Waals surface area contributed by atoms with Crippen LogP contribution >= 0.6 is 0 Å². The Bertz CT molecular complexity index is 905. The molecule has 0 radical (unpaired) electrons. The monoisotopic (exact) mass is 400 g/mol. The van der Waals surface area contributed by atoms with Crippen molar-refractivity contribution in [2.24, 2.45) is 0 Å². The van der Waals surface area contributed by atoms with E-state index < -0.39 is 11.9 Å². The van der Waals surface area contributed by atoms with E-state index in [-0.39, 0.29) is 0 Å². The van der Waals surface area contributed by atoms with Gasteiger partial charge in [0.2, 0.25) is 0 Å². The van der Waals surface area contributed by atoms with Crippen molar-refractivity contribution in [3.05, 3.63) is 119 Å². The Hall–Kier alpha value is -3.92. The number of aliphatic carboxylic acids is 2. The lowest BCUT2D eigenvalue weighted by Crippen LogP contribution is -1.91. The fraction of sp³-hybridized carbons (Fsp3) is 0.0769. The van der Waals surface area contributed by atoms with E-state index in [9.17, 15) is 9.59 Å². The second kappa shape index (κ2) is 12.5. The van der Waals surface area contributed by atoms with Gasteiger partial charge in [0.15, 0.2) is 0 Å². The molecule has 0 amide bonds. The van der Waals surface area contributed by atoms with Gasteiger partial charge in [0.1, 0.15) is 0 Å². The SMILES string of the molecule is C(=Cc1ccccc1)C(C=Cc1ccccc1)=CC=C1CC1.O=C(O)/C=C\C(=O)O. The predicted octanol–water partition coefficient (Wildman–Crippen LogP) is 5.77. The molecule has 1 aliphatic carbocycles. The second-order valence-electron chi connectivity index (χ2n) is 6.49. The van der Waals surface area contributed by atoms with Crippen molar-refractivity contribution in [3.63, 3.8) is 0 Å². The summed E-state index contributed by atoms with van der Waals surface area (Å²) in [5.74, 6) is -2.51. The third kappa shape index (κ3) is 10.4. The van der Waals surface area contributed by atoms with Crippen LogP contribution in [0.4, 0.5) is 0 Å². The first-order chi connectivity index (χ1) is 14.5. The molecule has 4 nitrogen and oxygen atoms in total. The molecule has 0 atom stereocenters. The highest BCUT2D eigenvalue weighted by molar-refractivity contribution is 5.89. The summed E-state index contributed by atoms with van der Waals surface area (Å²) < 4.78 is 0. The first-order valence-electron chi connectivity index (χ1n) is 9.53. The van der Waals surface area contributed by atoms with E-state index in [1.54, 1.807) is 5.57 Å². The maximum Gasteiger partial charge on any atom is 0.328 e. The van der Waals surface area contributed by atoms with Crippen molar-refractivity contribution in [2.45, 2.75) is 12.8 Å². The topological polar surface area (TPSA) is 74.6 Å². The summed E-state index contributed by atoms with van der Waals surface area (Å²) in [6.07, 6.45) is 16.8. The van der Waals surface area contributed by atoms with E-state index in [0.29, 0.717) is 12.2 Å². The summed E-state index contributed by atoms with van der Waals surface area (Å²) >= 11 is 0. The maximum absolute atomic E-state index is 9.55. The molecule has 4 heteroatoms. The van der Waals surface area contributed by atoms with E-state index in [1.807, 2.05) is 12.1 Å². The number of hydrogen-bond acceptors (Lipinski definition) is 2. The highest BCUT2D eigenvalue weighted by Crippen LogP contribution is 2.27. The average molecular weight is 400 g/mol. The molecule has 152 valence electrons. The molecule has 1 fully saturated rings. The molecule has 1 aliphatic rings. The van der Waals surface area contributed by atoms with Crippen LogP contribution in [-0.4, -0.2) is 22.2 Å². The van der Waals surface area contributed by atoms with E-state index in [1.165, 1.54) is 29.5 Å². The molecule has 30 heavy (non-hydrogen) atoms. The highest BCUT2D eigenvalue weighted by Gasteiger charge is 2.08. The maximum atomic E-state index is 9.55. The van der Waals surface area contributed by atoms with Gasteiger partial charge in [0.05, 0.1) is 0 Å². The molecular formula is C26H24O4. The Balaban J connectivity index is 0.000000343. The summed E-state index contributed by atoms with van der Waals surface area (Å²) in [4.78, 5) is 19.1. The Morgan fingerprint density at radius 2 is 1.10 bits per heavy atom. The molecule has 0 aromatic heterocycles. The lowest BCUT2D eigenvalue weighted by atomic mass is 10.1. The lowest BCUT2D eigenvalue weighted by molar-refractivity contribution is -0.134. The Labute approximate surface area is 176 Å². The molecule has 0 heterocycles. The van der Waals surface area contributed by atoms with Crippen molar-refractivity contribution < 1.29 is 19.8 Å². The minimum atomic E-state index is -1.26. The molecule has 0 saturated heterocycles. The Morgan fingerprint density at radius 3 is 1.47 bits per heavy atom. The van der Waals surface area contributed by atoms with Crippen LogP contribution in [0.25, 0.3) is 12.2 Å². The first kappa shape index (κ1) is 22.4. The largest absolute Gasteiger partial charge is 0.478 e. The number of benzene rings is 2. The first-order valence-corrected chi connectivity index (χ1v) is 9.53. The number of rotatable bonds is 7. The number of carbonyl (C=O) groups is 2. The van der Waals surface area contributed by atoms with Crippen LogP contribution in [-0.2, 0) is 9.59 Å². The van der Waals surface area contributed by atoms with Crippen molar-refractivity contribution >= 4 is 24.1 Å². The molecule has 0 aliphatic heterocycles. The zero-order valence-corrected chi connectivity index (χ0v) is 16.5. The molecule has 2 aromatic carbocycles. The molecular weight excluding hydrogens is 376 g/mol. The summed E-state index contributed by atoms with van der Waals surface area (Å²) in [5.41, 5.74) is 5.20. The summed E-state index contributed by atoms with van der Waals surface area (Å²) in [5, 5.41) is 15.6. The van der Waals surface area contributed by atoms with Gasteiger partial charge >= 0.3 is 11.9 Å². The molecule has 0 bridgehead atoms. The van der Waals surface area contributed by atoms with Crippen LogP contribution in [0.2, 0.25) is 0 Å². The molecule has 3 rings (SSSR count). The predicted molar refractivity (Wildman–Crippen MR) is 121 cm³/mol. The number of carboxylic acid groups (broad SMARTS) is 2. The van der Waals surface area contributed by atoms with Gasteiger partial charge in [-0.2, -0.15) is 0 Å². The van der Waals surface area contributed by atoms with Gasteiger partial charge in [-0.3, -0.25) is 0 Å². The minimum Gasteiger partial charge on any atom is -0.478 e. The van der Waals surface area contributed by atoms with Crippen LogP contribution in [0.15, 0.2) is 108 Å². The van der Waals surface area contributed by atoms with Gasteiger partial charge in [-0.05, 0) is 29.5 Å². The van der Waals surface area contributed by atoms with E-state index in [2.05, 4.69) is 85.0 Å². The van der Waals surface area contributed by atoms with Crippen molar-refractivity contribution in [3.8, 4) is 0 Å². The van der Waals surface area contributed by atoms with Gasteiger partial charge in [0, 0.05) is 12.2 Å². The number of allylic oxidation sites excluding steroid dienone is 6. The second-order valence-corrected chi connectivity index (χ2v) is 6.49. The standard InChI is InChI=1S/C22H20.C4H4O4/c1-3-7-19(8-4-1)11-13-21(15-16-22-17-18-22)14-12-20-9-5-2-6-10-20;5-3(6)1-2-4(7)8/h1-16H,17-18H2;1-2H,(H,5,6)(H,7,8)/b;2-1-. The van der Waals surface area contributed by atoms with Crippen LogP contribution in [0.1, 0.15) is 24.0 Å². The number of carboxylic acids is 2. The van der Waals surface area contributed by atoms with Gasteiger partial charge < -0.3 is 10.2 Å². The summed E-state index contributed by atoms with van der Waals surface area (Å²) in [6.45, 7) is 0. The zero-order chi connectivity index (χ0) is 21.6. The molecule has 1 saturated carbocycles. The van der Waals surface area contributed by atoms with Gasteiger partial charge in [-0.1, -0.05) is 103 Å². The quantitative estimate of drug-likeness (QED) is 0.457. The van der Waals surface area contributed by atoms with E-state index >= 15 is 0 Å². The Morgan fingerprint density at radius 1 is 0.667 bits per heavy atom. The van der Waals surface area contributed by atoms with E-state index in [0.717, 1.165) is 0 Å². The molecule has 2 N–H and O–H groups in total. The normalized spacial score (nSPS) is 12.5. The van der Waals surface area contributed by atoms with Crippen molar-refractivity contribution in [1.82, 2.24) is 0 Å². The summed E-state index contributed by atoms with van der Waals surface area (Å²) in [6, 6.07) is 20.8. The average Bonchev–Trinajstić information content (AvgIpc) is 3.58. The third-order valence-electron chi connectivity index (χ3n) is 3.95. The van der Waals surface area contributed by atoms with Gasteiger partial charge in [0.25, 0.3) is 0 Å². The van der Waals surface area contributed by atoms with Crippen LogP contribution in [0.3, 0.4) is 0 Å². The van der Waals surface area contributed by atoms with Gasteiger partial charge in [-0.15, -0.1) is 0 Å². The van der Waals surface area contributed by atoms with Crippen molar-refractivity contribution in [1.29, 1.82) is 0 Å². The van der Waals surface area contributed by atoms with Crippen LogP contribution in [0.5, 0.6) is 0 Å².